The normalized spacial score (nSPS) is 17.3. The van der Waals surface area contributed by atoms with Crippen LogP contribution in [-0.2, 0) is 16.1 Å². The Morgan fingerprint density at radius 2 is 1.91 bits per heavy atom. The smallest absolute Gasteiger partial charge is 0.296 e. The van der Waals surface area contributed by atoms with Gasteiger partial charge >= 0.3 is 0 Å². The highest BCUT2D eigenvalue weighted by Gasteiger charge is 2.46. The molecule has 1 unspecified atom stereocenters. The number of benzene rings is 2. The van der Waals surface area contributed by atoms with Crippen LogP contribution in [0.15, 0.2) is 70.9 Å². The molecule has 3 aromatic rings. The van der Waals surface area contributed by atoms with Gasteiger partial charge in [-0.2, -0.15) is 0 Å². The van der Waals surface area contributed by atoms with E-state index in [1.165, 1.54) is 30.4 Å². The highest BCUT2D eigenvalue weighted by Crippen LogP contribution is 2.41. The van der Waals surface area contributed by atoms with Crippen molar-refractivity contribution in [2.24, 2.45) is 0 Å². The first-order valence-corrected chi connectivity index (χ1v) is 10.8. The summed E-state index contributed by atoms with van der Waals surface area (Å²) in [6.07, 6.45) is 2.32. The number of carbonyl (C=O) groups excluding carboxylic acids is 2. The number of ether oxygens (including phenoxy) is 2. The number of aliphatic hydroxyl groups is 1. The molecule has 176 valence electrons. The van der Waals surface area contributed by atoms with Crippen LogP contribution in [0, 0.1) is 5.82 Å². The van der Waals surface area contributed by atoms with Gasteiger partial charge in [0.05, 0.1) is 38.1 Å². The number of aliphatic hydroxyl groups excluding tert-OH is 1. The summed E-state index contributed by atoms with van der Waals surface area (Å²) in [7, 11) is 1.33. The van der Waals surface area contributed by atoms with E-state index in [9.17, 15) is 19.1 Å². The van der Waals surface area contributed by atoms with Crippen LogP contribution in [0.25, 0.3) is 5.76 Å². The molecule has 0 spiro atoms. The largest absolute Gasteiger partial charge is 0.507 e. The molecule has 1 N–H and O–H groups in total. The minimum Gasteiger partial charge on any atom is -0.507 e. The number of amides is 1. The zero-order chi connectivity index (χ0) is 24.2. The second kappa shape index (κ2) is 9.82. The van der Waals surface area contributed by atoms with Crippen LogP contribution in [0.1, 0.15) is 36.3 Å². The maximum Gasteiger partial charge on any atom is 0.296 e. The van der Waals surface area contributed by atoms with Crippen molar-refractivity contribution in [2.75, 3.05) is 13.7 Å². The number of hydrogen-bond acceptors (Lipinski definition) is 6. The molecule has 1 fully saturated rings. The number of methoxy groups -OCH3 is 1. The summed E-state index contributed by atoms with van der Waals surface area (Å²) in [4.78, 5) is 27.4. The van der Waals surface area contributed by atoms with Crippen molar-refractivity contribution in [1.29, 1.82) is 0 Å². The van der Waals surface area contributed by atoms with E-state index < -0.39 is 29.3 Å². The first-order valence-electron chi connectivity index (χ1n) is 10.8. The molecule has 0 aliphatic carbocycles. The maximum absolute atomic E-state index is 14.3. The third-order valence-electron chi connectivity index (χ3n) is 5.54. The lowest BCUT2D eigenvalue weighted by molar-refractivity contribution is -0.140. The van der Waals surface area contributed by atoms with Crippen LogP contribution in [0.5, 0.6) is 11.5 Å². The van der Waals surface area contributed by atoms with Crippen molar-refractivity contribution in [2.45, 2.75) is 25.9 Å². The summed E-state index contributed by atoms with van der Waals surface area (Å²) in [6, 6.07) is 13.3. The van der Waals surface area contributed by atoms with Crippen molar-refractivity contribution < 1.29 is 33.0 Å². The summed E-state index contributed by atoms with van der Waals surface area (Å²) >= 11 is 0. The molecule has 1 aliphatic rings. The zero-order valence-corrected chi connectivity index (χ0v) is 18.8. The van der Waals surface area contributed by atoms with Gasteiger partial charge in [-0.25, -0.2) is 4.39 Å². The quantitative estimate of drug-likeness (QED) is 0.291. The Kier molecular flexibility index (Phi) is 6.67. The lowest BCUT2D eigenvalue weighted by atomic mass is 9.95. The molecule has 8 heteroatoms. The summed E-state index contributed by atoms with van der Waals surface area (Å²) in [5.41, 5.74) is 0.510. The molecule has 1 aliphatic heterocycles. The number of nitrogens with zero attached hydrogens (tertiary/aromatic N) is 1. The van der Waals surface area contributed by atoms with E-state index in [1.807, 2.05) is 6.92 Å². The van der Waals surface area contributed by atoms with Crippen molar-refractivity contribution in [3.8, 4) is 11.5 Å². The SMILES string of the molecule is CCCOc1ccc(C2C(=C(O)c3ccc(OC)c(F)c3)C(=O)C(=O)N2Cc2ccco2)cc1. The molecule has 2 heterocycles. The fourth-order valence-corrected chi connectivity index (χ4v) is 3.90. The minimum atomic E-state index is -0.907. The molecule has 7 nitrogen and oxygen atoms in total. The summed E-state index contributed by atoms with van der Waals surface area (Å²) in [5.74, 6) is -1.71. The highest BCUT2D eigenvalue weighted by molar-refractivity contribution is 6.46. The lowest BCUT2D eigenvalue weighted by Crippen LogP contribution is -2.29. The number of carbonyl (C=O) groups is 2. The maximum atomic E-state index is 14.3. The number of halogens is 1. The average molecular weight is 465 g/mol. The van der Waals surface area contributed by atoms with E-state index in [0.717, 1.165) is 12.5 Å². The van der Waals surface area contributed by atoms with Gasteiger partial charge in [-0.05, 0) is 54.4 Å². The van der Waals surface area contributed by atoms with Crippen LogP contribution in [-0.4, -0.2) is 35.4 Å². The molecular formula is C26H24FNO6. The molecule has 0 bridgehead atoms. The third-order valence-corrected chi connectivity index (χ3v) is 5.54. The first kappa shape index (κ1) is 23.1. The molecule has 0 radical (unpaired) electrons. The second-order valence-corrected chi connectivity index (χ2v) is 7.77. The van der Waals surface area contributed by atoms with Gasteiger partial charge < -0.3 is 23.9 Å². The number of Topliss-reactive ketones (excluding diaryl/α,β-unsaturated/α-hetero) is 1. The number of ketones is 1. The number of likely N-dealkylation sites (tertiary alicyclic amines) is 1. The predicted octanol–water partition coefficient (Wildman–Crippen LogP) is 4.84. The molecule has 34 heavy (non-hydrogen) atoms. The number of rotatable bonds is 8. The van der Waals surface area contributed by atoms with Crippen LogP contribution in [0.4, 0.5) is 4.39 Å². The van der Waals surface area contributed by atoms with Crippen LogP contribution in [0.3, 0.4) is 0 Å². The van der Waals surface area contributed by atoms with Crippen LogP contribution < -0.4 is 9.47 Å². The van der Waals surface area contributed by atoms with Gasteiger partial charge in [0.15, 0.2) is 11.6 Å². The van der Waals surface area contributed by atoms with Gasteiger partial charge in [0.1, 0.15) is 17.3 Å². The predicted molar refractivity (Wildman–Crippen MR) is 122 cm³/mol. The number of furan rings is 1. The van der Waals surface area contributed by atoms with Crippen LogP contribution in [0.2, 0.25) is 0 Å². The van der Waals surface area contributed by atoms with E-state index in [1.54, 1.807) is 36.4 Å². The van der Waals surface area contributed by atoms with Crippen molar-refractivity contribution in [3.05, 3.63) is 89.1 Å². The van der Waals surface area contributed by atoms with E-state index >= 15 is 0 Å². The second-order valence-electron chi connectivity index (χ2n) is 7.77. The molecular weight excluding hydrogens is 441 g/mol. The average Bonchev–Trinajstić information content (AvgIpc) is 3.45. The highest BCUT2D eigenvalue weighted by atomic mass is 19.1. The standard InChI is InChI=1S/C26H24FNO6/c1-3-12-33-18-9-6-16(7-10-18)23-22(24(29)17-8-11-21(32-2)20(27)14-17)25(30)26(31)28(23)15-19-5-4-13-34-19/h4-11,13-14,23,29H,3,12,15H2,1-2H3. The van der Waals surface area contributed by atoms with Gasteiger partial charge in [-0.15, -0.1) is 0 Å². The topological polar surface area (TPSA) is 89.2 Å². The molecule has 2 aromatic carbocycles. The molecule has 0 saturated carbocycles. The van der Waals surface area contributed by atoms with Gasteiger partial charge in [0.25, 0.3) is 11.7 Å². The van der Waals surface area contributed by atoms with Gasteiger partial charge in [0.2, 0.25) is 0 Å². The molecule has 4 rings (SSSR count). The molecule has 1 aromatic heterocycles. The Bertz CT molecular complexity index is 1220. The lowest BCUT2D eigenvalue weighted by Gasteiger charge is -2.24. The van der Waals surface area contributed by atoms with E-state index in [2.05, 4.69) is 0 Å². The fraction of sp³-hybridized carbons (Fsp3) is 0.231. The van der Waals surface area contributed by atoms with Crippen LogP contribution >= 0.6 is 0 Å². The first-order chi connectivity index (χ1) is 16.4. The Balaban J connectivity index is 1.81. The summed E-state index contributed by atoms with van der Waals surface area (Å²) in [5, 5.41) is 11.1. The van der Waals surface area contributed by atoms with E-state index in [4.69, 9.17) is 13.9 Å². The number of hydrogen-bond donors (Lipinski definition) is 1. The van der Waals surface area contributed by atoms with E-state index in [-0.39, 0.29) is 23.4 Å². The Hall–Kier alpha value is -4.07. The summed E-state index contributed by atoms with van der Waals surface area (Å²) in [6.45, 7) is 2.57. The Morgan fingerprint density at radius 3 is 2.53 bits per heavy atom. The van der Waals surface area contributed by atoms with Gasteiger partial charge in [-0.1, -0.05) is 19.1 Å². The zero-order valence-electron chi connectivity index (χ0n) is 18.8. The Labute approximate surface area is 196 Å². The van der Waals surface area contributed by atoms with Gasteiger partial charge in [-0.3, -0.25) is 9.59 Å². The molecule has 1 amide bonds. The summed E-state index contributed by atoms with van der Waals surface area (Å²) < 4.78 is 30.3. The molecule has 1 saturated heterocycles. The third kappa shape index (κ3) is 4.39. The monoisotopic (exact) mass is 465 g/mol. The van der Waals surface area contributed by atoms with Crippen molar-refractivity contribution >= 4 is 17.4 Å². The van der Waals surface area contributed by atoms with E-state index in [0.29, 0.717) is 23.7 Å². The van der Waals surface area contributed by atoms with Gasteiger partial charge in [0, 0.05) is 5.56 Å². The fourth-order valence-electron chi connectivity index (χ4n) is 3.90. The molecule has 1 atom stereocenters. The Morgan fingerprint density at radius 1 is 1.15 bits per heavy atom. The van der Waals surface area contributed by atoms with Crippen molar-refractivity contribution in [1.82, 2.24) is 4.90 Å². The van der Waals surface area contributed by atoms with Crippen molar-refractivity contribution in [3.63, 3.8) is 0 Å². The minimum absolute atomic E-state index is 0.00552.